The van der Waals surface area contributed by atoms with Gasteiger partial charge in [0.25, 0.3) is 5.91 Å². The number of rotatable bonds is 5. The van der Waals surface area contributed by atoms with E-state index in [1.54, 1.807) is 12.3 Å². The summed E-state index contributed by atoms with van der Waals surface area (Å²) in [4.78, 5) is 16.7. The molecule has 0 saturated heterocycles. The van der Waals surface area contributed by atoms with Crippen molar-refractivity contribution in [1.29, 1.82) is 0 Å². The molecule has 0 aliphatic heterocycles. The number of terminal acetylenes is 1. The van der Waals surface area contributed by atoms with E-state index in [1.165, 1.54) is 24.3 Å². The van der Waals surface area contributed by atoms with E-state index in [1.807, 2.05) is 24.3 Å². The summed E-state index contributed by atoms with van der Waals surface area (Å²) in [7, 11) is -3.76. The van der Waals surface area contributed by atoms with E-state index in [2.05, 4.69) is 20.9 Å². The molecule has 26 heavy (non-hydrogen) atoms. The number of hydrogen-bond donors (Lipinski definition) is 2. The highest BCUT2D eigenvalue weighted by atomic mass is 32.2. The van der Waals surface area contributed by atoms with E-state index < -0.39 is 15.9 Å². The summed E-state index contributed by atoms with van der Waals surface area (Å²) >= 11 is 0. The van der Waals surface area contributed by atoms with Crippen LogP contribution >= 0.6 is 0 Å². The van der Waals surface area contributed by atoms with Crippen LogP contribution in [0.2, 0.25) is 0 Å². The molecule has 2 aromatic carbocycles. The fraction of sp³-hybridized carbons (Fsp3) is 0.0526. The second-order valence-corrected chi connectivity index (χ2v) is 7.19. The van der Waals surface area contributed by atoms with E-state index in [0.717, 1.165) is 10.9 Å². The first kappa shape index (κ1) is 17.6. The molecule has 1 aromatic heterocycles. The number of hydrogen-bond acceptors (Lipinski definition) is 4. The third-order valence-corrected chi connectivity index (χ3v) is 5.02. The fourth-order valence-corrected chi connectivity index (χ4v) is 3.35. The lowest BCUT2D eigenvalue weighted by molar-refractivity contribution is 0.102. The maximum atomic E-state index is 12.5. The van der Waals surface area contributed by atoms with Gasteiger partial charge in [-0.2, -0.15) is 4.72 Å². The Kier molecular flexibility index (Phi) is 4.98. The second-order valence-electron chi connectivity index (χ2n) is 5.43. The van der Waals surface area contributed by atoms with Gasteiger partial charge in [0.05, 0.1) is 28.8 Å². The quantitative estimate of drug-likeness (QED) is 0.680. The van der Waals surface area contributed by atoms with Gasteiger partial charge in [-0.05, 0) is 30.3 Å². The highest BCUT2D eigenvalue weighted by molar-refractivity contribution is 7.89. The molecule has 0 atom stereocenters. The number of para-hydroxylation sites is 1. The number of carbonyl (C=O) groups excluding carboxylic acids is 1. The molecular weight excluding hydrogens is 350 g/mol. The Morgan fingerprint density at radius 3 is 2.73 bits per heavy atom. The predicted molar refractivity (Wildman–Crippen MR) is 100 cm³/mol. The first-order valence-corrected chi connectivity index (χ1v) is 9.17. The van der Waals surface area contributed by atoms with E-state index in [4.69, 9.17) is 6.42 Å². The zero-order valence-electron chi connectivity index (χ0n) is 13.6. The van der Waals surface area contributed by atoms with Gasteiger partial charge in [-0.3, -0.25) is 9.78 Å². The van der Waals surface area contributed by atoms with Gasteiger partial charge in [0.2, 0.25) is 10.0 Å². The Hall–Kier alpha value is -3.21. The summed E-state index contributed by atoms with van der Waals surface area (Å²) in [5, 5.41) is 3.61. The van der Waals surface area contributed by atoms with Crippen molar-refractivity contribution in [3.8, 4) is 12.3 Å². The van der Waals surface area contributed by atoms with Gasteiger partial charge in [-0.1, -0.05) is 30.2 Å². The number of fused-ring (bicyclic) bond motifs is 1. The molecule has 6 nitrogen and oxygen atoms in total. The van der Waals surface area contributed by atoms with Gasteiger partial charge in [0.1, 0.15) is 0 Å². The lowest BCUT2D eigenvalue weighted by Crippen LogP contribution is -2.24. The number of nitrogens with one attached hydrogen (secondary N) is 2. The van der Waals surface area contributed by atoms with Crippen LogP contribution in [-0.2, 0) is 10.0 Å². The zero-order chi connectivity index (χ0) is 18.6. The van der Waals surface area contributed by atoms with Crippen LogP contribution in [0.1, 0.15) is 10.4 Å². The molecule has 0 aliphatic rings. The molecule has 0 fully saturated rings. The van der Waals surface area contributed by atoms with Gasteiger partial charge in [-0.25, -0.2) is 8.42 Å². The lowest BCUT2D eigenvalue weighted by Gasteiger charge is -2.08. The first-order valence-electron chi connectivity index (χ1n) is 7.69. The average molecular weight is 365 g/mol. The lowest BCUT2D eigenvalue weighted by atomic mass is 10.2. The van der Waals surface area contributed by atoms with Gasteiger partial charge in [-0.15, -0.1) is 6.42 Å². The van der Waals surface area contributed by atoms with Crippen molar-refractivity contribution in [2.24, 2.45) is 0 Å². The summed E-state index contributed by atoms with van der Waals surface area (Å²) in [6.45, 7) is -0.123. The van der Waals surface area contributed by atoms with Crippen molar-refractivity contribution in [3.63, 3.8) is 0 Å². The van der Waals surface area contributed by atoms with Crippen LogP contribution in [0.4, 0.5) is 5.69 Å². The van der Waals surface area contributed by atoms with Crippen LogP contribution < -0.4 is 10.0 Å². The molecule has 0 aliphatic carbocycles. The number of anilines is 1. The fourth-order valence-electron chi connectivity index (χ4n) is 2.37. The molecule has 3 aromatic rings. The molecule has 0 spiro atoms. The van der Waals surface area contributed by atoms with Crippen molar-refractivity contribution in [1.82, 2.24) is 9.71 Å². The minimum Gasteiger partial charge on any atom is -0.321 e. The molecule has 3 rings (SSSR count). The van der Waals surface area contributed by atoms with E-state index in [0.29, 0.717) is 5.69 Å². The van der Waals surface area contributed by atoms with Gasteiger partial charge in [0.15, 0.2) is 0 Å². The van der Waals surface area contributed by atoms with Gasteiger partial charge >= 0.3 is 0 Å². The molecule has 0 radical (unpaired) electrons. The van der Waals surface area contributed by atoms with Crippen LogP contribution in [0.5, 0.6) is 0 Å². The standard InChI is InChI=1S/C19H15N3O3S/c1-2-10-21-26(24,25)17-8-5-7-15(12-17)19(23)22-16-11-14-6-3-4-9-18(14)20-13-16/h1,3-9,11-13,21H,10H2,(H,22,23). The van der Waals surface area contributed by atoms with Crippen molar-refractivity contribution in [3.05, 3.63) is 66.4 Å². The molecular formula is C19H15N3O3S. The smallest absolute Gasteiger partial charge is 0.255 e. The average Bonchev–Trinajstić information content (AvgIpc) is 2.66. The third kappa shape index (κ3) is 3.88. The molecule has 0 saturated carbocycles. The van der Waals surface area contributed by atoms with Crippen LogP contribution in [0.3, 0.4) is 0 Å². The molecule has 130 valence electrons. The maximum Gasteiger partial charge on any atom is 0.255 e. The van der Waals surface area contributed by atoms with Gasteiger partial charge < -0.3 is 5.32 Å². The molecule has 1 heterocycles. The Labute approximate surface area is 151 Å². The number of benzene rings is 2. The number of aromatic nitrogens is 1. The van der Waals surface area contributed by atoms with Crippen molar-refractivity contribution < 1.29 is 13.2 Å². The van der Waals surface area contributed by atoms with Crippen LogP contribution in [0.25, 0.3) is 10.9 Å². The monoisotopic (exact) mass is 365 g/mol. The summed E-state index contributed by atoms with van der Waals surface area (Å²) in [6, 6.07) is 15.1. The summed E-state index contributed by atoms with van der Waals surface area (Å²) < 4.78 is 26.5. The maximum absolute atomic E-state index is 12.5. The Morgan fingerprint density at radius 2 is 1.92 bits per heavy atom. The number of amides is 1. The second kappa shape index (κ2) is 7.35. The summed E-state index contributed by atoms with van der Waals surface area (Å²) in [6.07, 6.45) is 6.62. The normalized spacial score (nSPS) is 11.0. The Bertz CT molecular complexity index is 1120. The van der Waals surface area contributed by atoms with Crippen LogP contribution in [0.15, 0.2) is 65.7 Å². The van der Waals surface area contributed by atoms with Crippen molar-refractivity contribution in [2.75, 3.05) is 11.9 Å². The molecule has 7 heteroatoms. The number of pyridine rings is 1. The van der Waals surface area contributed by atoms with Crippen LogP contribution in [-0.4, -0.2) is 25.9 Å². The minimum atomic E-state index is -3.76. The van der Waals surface area contributed by atoms with Crippen molar-refractivity contribution >= 4 is 32.5 Å². The zero-order valence-corrected chi connectivity index (χ0v) is 14.5. The Morgan fingerprint density at radius 1 is 1.12 bits per heavy atom. The van der Waals surface area contributed by atoms with Gasteiger partial charge in [0, 0.05) is 10.9 Å². The number of carbonyl (C=O) groups is 1. The highest BCUT2D eigenvalue weighted by Crippen LogP contribution is 2.18. The largest absolute Gasteiger partial charge is 0.321 e. The van der Waals surface area contributed by atoms with E-state index >= 15 is 0 Å². The number of sulfonamides is 1. The first-order chi connectivity index (χ1) is 12.5. The van der Waals surface area contributed by atoms with E-state index in [-0.39, 0.29) is 17.0 Å². The third-order valence-electron chi connectivity index (χ3n) is 3.62. The highest BCUT2D eigenvalue weighted by Gasteiger charge is 2.15. The molecule has 0 bridgehead atoms. The van der Waals surface area contributed by atoms with Crippen LogP contribution in [0, 0.1) is 12.3 Å². The van der Waals surface area contributed by atoms with E-state index in [9.17, 15) is 13.2 Å². The van der Waals surface area contributed by atoms with Crippen molar-refractivity contribution in [2.45, 2.75) is 4.90 Å². The topological polar surface area (TPSA) is 88.2 Å². The summed E-state index contributed by atoms with van der Waals surface area (Å²) in [5.41, 5.74) is 1.55. The predicted octanol–water partition coefficient (Wildman–Crippen LogP) is 2.40. The molecule has 1 amide bonds. The molecule has 2 N–H and O–H groups in total. The SMILES string of the molecule is C#CCNS(=O)(=O)c1cccc(C(=O)Nc2cnc3ccccc3c2)c1. The number of nitrogens with zero attached hydrogens (tertiary/aromatic N) is 1. The minimum absolute atomic E-state index is 0.0305. The molecule has 0 unspecified atom stereocenters. The Balaban J connectivity index is 1.83. The summed E-state index contributed by atoms with van der Waals surface area (Å²) in [5.74, 6) is 1.77.